The fraction of sp³-hybridized carbons (Fsp3) is 0.882. The second-order valence-electron chi connectivity index (χ2n) is 6.93. The molecule has 1 N–H and O–H groups in total. The van der Waals surface area contributed by atoms with Crippen LogP contribution in [0, 0.1) is 5.92 Å². The molecule has 4 rings (SSSR count). The number of aliphatic imine (C=N–C) groups is 1. The number of fused-ring (bicyclic) bond motifs is 3. The number of nitrogens with zero attached hydrogens (tertiary/aromatic N) is 4. The van der Waals surface area contributed by atoms with Gasteiger partial charge in [-0.1, -0.05) is 0 Å². The standard InChI is InChI=1S/C17H31N5O2.HI/c1-3-24-16(23)14-4-6-22(7-5-14)17(18-2)19-12-15-13-20-8-10-21(15)11-9-20;/h14-15H,3-13H2,1-2H3,(H,18,19);1H. The molecular formula is C17H32IN5O2. The number of rotatable bonds is 4. The van der Waals surface area contributed by atoms with Gasteiger partial charge in [0.25, 0.3) is 0 Å². The van der Waals surface area contributed by atoms with Gasteiger partial charge in [0.05, 0.1) is 12.5 Å². The summed E-state index contributed by atoms with van der Waals surface area (Å²) in [4.78, 5) is 23.7. The molecule has 2 bridgehead atoms. The molecule has 1 atom stereocenters. The van der Waals surface area contributed by atoms with E-state index in [2.05, 4.69) is 25.0 Å². The zero-order valence-electron chi connectivity index (χ0n) is 15.4. The van der Waals surface area contributed by atoms with Crippen molar-refractivity contribution in [2.75, 3.05) is 66.0 Å². The van der Waals surface area contributed by atoms with E-state index in [9.17, 15) is 4.79 Å². The monoisotopic (exact) mass is 465 g/mol. The van der Waals surface area contributed by atoms with Gasteiger partial charge in [-0.3, -0.25) is 19.6 Å². The quantitative estimate of drug-likeness (QED) is 0.282. The van der Waals surface area contributed by atoms with E-state index in [1.54, 1.807) is 0 Å². The number of hydrogen-bond donors (Lipinski definition) is 1. The molecular weight excluding hydrogens is 433 g/mol. The lowest BCUT2D eigenvalue weighted by molar-refractivity contribution is -0.149. The predicted octanol–water partition coefficient (Wildman–Crippen LogP) is 0.455. The van der Waals surface area contributed by atoms with Gasteiger partial charge < -0.3 is 15.0 Å². The van der Waals surface area contributed by atoms with Crippen molar-refractivity contribution >= 4 is 35.9 Å². The van der Waals surface area contributed by atoms with Crippen molar-refractivity contribution in [3.63, 3.8) is 0 Å². The van der Waals surface area contributed by atoms with Crippen LogP contribution in [0.15, 0.2) is 4.99 Å². The molecule has 7 nitrogen and oxygen atoms in total. The predicted molar refractivity (Wildman–Crippen MR) is 110 cm³/mol. The number of piperazine rings is 3. The van der Waals surface area contributed by atoms with Crippen molar-refractivity contribution < 1.29 is 9.53 Å². The van der Waals surface area contributed by atoms with Gasteiger partial charge in [0, 0.05) is 65.4 Å². The Morgan fingerprint density at radius 3 is 2.36 bits per heavy atom. The molecule has 0 radical (unpaired) electrons. The van der Waals surface area contributed by atoms with Gasteiger partial charge >= 0.3 is 5.97 Å². The van der Waals surface area contributed by atoms with E-state index in [0.717, 1.165) is 45.0 Å². The summed E-state index contributed by atoms with van der Waals surface area (Å²) in [5, 5.41) is 3.55. The molecule has 0 aromatic heterocycles. The smallest absolute Gasteiger partial charge is 0.309 e. The highest BCUT2D eigenvalue weighted by atomic mass is 127. The maximum absolute atomic E-state index is 11.9. The van der Waals surface area contributed by atoms with Gasteiger partial charge in [0.1, 0.15) is 0 Å². The molecule has 0 aromatic carbocycles. The molecule has 0 aromatic rings. The van der Waals surface area contributed by atoms with Crippen LogP contribution < -0.4 is 5.32 Å². The van der Waals surface area contributed by atoms with Crippen LogP contribution in [0.3, 0.4) is 0 Å². The fourth-order valence-electron chi connectivity index (χ4n) is 4.05. The van der Waals surface area contributed by atoms with E-state index in [-0.39, 0.29) is 35.9 Å². The Bertz CT molecular complexity index is 460. The van der Waals surface area contributed by atoms with Crippen LogP contribution in [-0.2, 0) is 9.53 Å². The topological polar surface area (TPSA) is 60.4 Å². The zero-order chi connectivity index (χ0) is 16.9. The Morgan fingerprint density at radius 2 is 1.84 bits per heavy atom. The van der Waals surface area contributed by atoms with Crippen molar-refractivity contribution in [2.24, 2.45) is 10.9 Å². The SMILES string of the molecule is CCOC(=O)C1CCN(C(=NC)NCC2CN3CCN2CC3)CC1.I. The normalized spacial score (nSPS) is 29.9. The number of nitrogens with one attached hydrogen (secondary N) is 1. The highest BCUT2D eigenvalue weighted by Gasteiger charge is 2.32. The summed E-state index contributed by atoms with van der Waals surface area (Å²) in [6.45, 7) is 11.0. The molecule has 1 unspecified atom stereocenters. The Balaban J connectivity index is 0.00000225. The van der Waals surface area contributed by atoms with E-state index in [1.807, 2.05) is 14.0 Å². The minimum absolute atomic E-state index is 0. The Hall–Kier alpha value is -0.610. The van der Waals surface area contributed by atoms with Gasteiger partial charge in [0.2, 0.25) is 0 Å². The van der Waals surface area contributed by atoms with Crippen molar-refractivity contribution in [1.29, 1.82) is 0 Å². The maximum atomic E-state index is 11.9. The van der Waals surface area contributed by atoms with Gasteiger partial charge in [0.15, 0.2) is 5.96 Å². The van der Waals surface area contributed by atoms with E-state index < -0.39 is 0 Å². The van der Waals surface area contributed by atoms with Gasteiger partial charge in [-0.15, -0.1) is 24.0 Å². The van der Waals surface area contributed by atoms with E-state index in [4.69, 9.17) is 4.74 Å². The number of piperidine rings is 1. The molecule has 0 amide bonds. The van der Waals surface area contributed by atoms with Crippen LogP contribution in [0.5, 0.6) is 0 Å². The Kier molecular flexibility index (Phi) is 8.21. The van der Waals surface area contributed by atoms with Gasteiger partial charge in [-0.05, 0) is 19.8 Å². The van der Waals surface area contributed by atoms with Crippen LogP contribution in [0.2, 0.25) is 0 Å². The molecule has 0 aliphatic carbocycles. The number of carbonyl (C=O) groups is 1. The van der Waals surface area contributed by atoms with Crippen molar-refractivity contribution in [3.05, 3.63) is 0 Å². The Labute approximate surface area is 168 Å². The molecule has 8 heteroatoms. The van der Waals surface area contributed by atoms with Crippen LogP contribution in [-0.4, -0.2) is 98.7 Å². The molecule has 0 spiro atoms. The molecule has 4 aliphatic heterocycles. The average Bonchev–Trinajstić information content (AvgIpc) is 2.64. The lowest BCUT2D eigenvalue weighted by Gasteiger charge is -2.47. The minimum atomic E-state index is -0.0415. The maximum Gasteiger partial charge on any atom is 0.309 e. The summed E-state index contributed by atoms with van der Waals surface area (Å²) in [6.07, 6.45) is 1.70. The highest BCUT2D eigenvalue weighted by molar-refractivity contribution is 14.0. The molecule has 144 valence electrons. The summed E-state index contributed by atoms with van der Waals surface area (Å²) in [5.74, 6) is 0.974. The zero-order valence-corrected chi connectivity index (χ0v) is 17.8. The van der Waals surface area contributed by atoms with Crippen LogP contribution in [0.25, 0.3) is 0 Å². The average molecular weight is 465 g/mol. The summed E-state index contributed by atoms with van der Waals surface area (Å²) in [6, 6.07) is 0.585. The van der Waals surface area contributed by atoms with Crippen molar-refractivity contribution in [2.45, 2.75) is 25.8 Å². The number of ether oxygens (including phenoxy) is 1. The number of hydrogen-bond acceptors (Lipinski definition) is 5. The summed E-state index contributed by atoms with van der Waals surface area (Å²) in [5.41, 5.74) is 0. The first-order valence-electron chi connectivity index (χ1n) is 9.30. The number of likely N-dealkylation sites (tertiary alicyclic amines) is 1. The number of esters is 1. The Morgan fingerprint density at radius 1 is 1.16 bits per heavy atom. The van der Waals surface area contributed by atoms with E-state index in [0.29, 0.717) is 12.6 Å². The lowest BCUT2D eigenvalue weighted by atomic mass is 9.97. The molecule has 4 fully saturated rings. The van der Waals surface area contributed by atoms with Gasteiger partial charge in [-0.25, -0.2) is 0 Å². The first-order valence-corrected chi connectivity index (χ1v) is 9.30. The number of guanidine groups is 1. The van der Waals surface area contributed by atoms with Gasteiger partial charge in [-0.2, -0.15) is 0 Å². The van der Waals surface area contributed by atoms with Crippen molar-refractivity contribution in [3.8, 4) is 0 Å². The van der Waals surface area contributed by atoms with E-state index >= 15 is 0 Å². The number of carbonyl (C=O) groups excluding carboxylic acids is 1. The third-order valence-electron chi connectivity index (χ3n) is 5.51. The van der Waals surface area contributed by atoms with Crippen LogP contribution in [0.4, 0.5) is 0 Å². The molecule has 4 saturated heterocycles. The van der Waals surface area contributed by atoms with E-state index in [1.165, 1.54) is 26.2 Å². The molecule has 25 heavy (non-hydrogen) atoms. The third kappa shape index (κ3) is 5.19. The fourth-order valence-corrected chi connectivity index (χ4v) is 4.05. The van der Waals surface area contributed by atoms with Crippen molar-refractivity contribution in [1.82, 2.24) is 20.0 Å². The first kappa shape index (κ1) is 20.7. The molecule has 4 aliphatic rings. The van der Waals surface area contributed by atoms with Crippen LogP contribution in [0.1, 0.15) is 19.8 Å². The summed E-state index contributed by atoms with van der Waals surface area (Å²) < 4.78 is 5.15. The molecule has 0 saturated carbocycles. The number of halogens is 1. The molecule has 4 heterocycles. The largest absolute Gasteiger partial charge is 0.466 e. The second kappa shape index (κ2) is 9.91. The third-order valence-corrected chi connectivity index (χ3v) is 5.51. The van der Waals surface area contributed by atoms with Crippen LogP contribution >= 0.6 is 24.0 Å². The minimum Gasteiger partial charge on any atom is -0.466 e. The first-order chi connectivity index (χ1) is 11.7. The highest BCUT2D eigenvalue weighted by Crippen LogP contribution is 2.19. The lowest BCUT2D eigenvalue weighted by Crippen LogP contribution is -2.64. The summed E-state index contributed by atoms with van der Waals surface area (Å²) >= 11 is 0. The second-order valence-corrected chi connectivity index (χ2v) is 6.93. The summed E-state index contributed by atoms with van der Waals surface area (Å²) in [7, 11) is 1.84.